The maximum Gasteiger partial charge on any atom is 0.193 e. The summed E-state index contributed by atoms with van der Waals surface area (Å²) in [7, 11) is 0. The highest BCUT2D eigenvalue weighted by Crippen LogP contribution is 2.17. The van der Waals surface area contributed by atoms with Crippen molar-refractivity contribution in [3.8, 4) is 0 Å². The molecule has 1 aliphatic rings. The first-order chi connectivity index (χ1) is 14.3. The molecular formula is C23H36IN5O. The van der Waals surface area contributed by atoms with Crippen LogP contribution in [0.4, 0.5) is 0 Å². The number of rotatable bonds is 10. The third-order valence-corrected chi connectivity index (χ3v) is 5.38. The van der Waals surface area contributed by atoms with Crippen LogP contribution in [0.15, 0.2) is 47.7 Å². The topological polar surface area (TPSA) is 54.7 Å². The van der Waals surface area contributed by atoms with Gasteiger partial charge in [-0.3, -0.25) is 4.99 Å². The van der Waals surface area contributed by atoms with E-state index < -0.39 is 0 Å². The van der Waals surface area contributed by atoms with Crippen LogP contribution in [0.25, 0.3) is 0 Å². The van der Waals surface area contributed by atoms with Gasteiger partial charge in [0.1, 0.15) is 5.82 Å². The van der Waals surface area contributed by atoms with Gasteiger partial charge >= 0.3 is 0 Å². The Morgan fingerprint density at radius 2 is 2.10 bits per heavy atom. The molecule has 6 nitrogen and oxygen atoms in total. The summed E-state index contributed by atoms with van der Waals surface area (Å²) < 4.78 is 8.16. The van der Waals surface area contributed by atoms with Gasteiger partial charge in [0.2, 0.25) is 0 Å². The van der Waals surface area contributed by atoms with Crippen molar-refractivity contribution in [1.29, 1.82) is 0 Å². The van der Waals surface area contributed by atoms with Crippen LogP contribution in [0.1, 0.15) is 37.6 Å². The standard InChI is InChI=1S/C23H35N5O.HI/c1-3-24-23(26-12-7-8-14-27-16-13-25-20(27)2)28-15-11-22(17-28)19-29-18-21-9-5-4-6-10-21;/h4-6,9-10,13,16,22H,3,7-8,11-12,14-15,17-19H2,1-2H3,(H,24,26);1H. The molecule has 166 valence electrons. The number of aryl methyl sites for hydroxylation is 2. The summed E-state index contributed by atoms with van der Waals surface area (Å²) in [6.45, 7) is 10.6. The largest absolute Gasteiger partial charge is 0.376 e. The molecule has 1 aromatic carbocycles. The minimum absolute atomic E-state index is 0. The van der Waals surface area contributed by atoms with Gasteiger partial charge in [-0.05, 0) is 38.7 Å². The number of hydrogen-bond donors (Lipinski definition) is 1. The maximum atomic E-state index is 5.96. The van der Waals surface area contributed by atoms with Gasteiger partial charge in [-0.1, -0.05) is 30.3 Å². The fraction of sp³-hybridized carbons (Fsp3) is 0.565. The number of benzene rings is 1. The lowest BCUT2D eigenvalue weighted by Gasteiger charge is -2.21. The molecule has 2 heterocycles. The van der Waals surface area contributed by atoms with E-state index >= 15 is 0 Å². The molecule has 1 N–H and O–H groups in total. The van der Waals surface area contributed by atoms with Crippen molar-refractivity contribution in [1.82, 2.24) is 19.8 Å². The van der Waals surface area contributed by atoms with Crippen LogP contribution in [0, 0.1) is 12.8 Å². The van der Waals surface area contributed by atoms with Gasteiger partial charge in [0.15, 0.2) is 5.96 Å². The minimum Gasteiger partial charge on any atom is -0.376 e. The number of halogens is 1. The van der Waals surface area contributed by atoms with E-state index in [-0.39, 0.29) is 24.0 Å². The fourth-order valence-corrected chi connectivity index (χ4v) is 3.72. The van der Waals surface area contributed by atoms with Gasteiger partial charge in [0, 0.05) is 51.0 Å². The lowest BCUT2D eigenvalue weighted by molar-refractivity contribution is 0.0907. The number of likely N-dealkylation sites (tertiary alicyclic amines) is 1. The van der Waals surface area contributed by atoms with Crippen molar-refractivity contribution >= 4 is 29.9 Å². The minimum atomic E-state index is 0. The highest BCUT2D eigenvalue weighted by atomic mass is 127. The number of nitrogens with one attached hydrogen (secondary N) is 1. The van der Waals surface area contributed by atoms with Crippen molar-refractivity contribution in [2.45, 2.75) is 46.3 Å². The lowest BCUT2D eigenvalue weighted by Crippen LogP contribution is -2.40. The van der Waals surface area contributed by atoms with Gasteiger partial charge in [0.25, 0.3) is 0 Å². The molecule has 30 heavy (non-hydrogen) atoms. The molecule has 1 fully saturated rings. The molecule has 0 radical (unpaired) electrons. The second-order valence-electron chi connectivity index (χ2n) is 7.71. The number of hydrogen-bond acceptors (Lipinski definition) is 3. The summed E-state index contributed by atoms with van der Waals surface area (Å²) in [5.74, 6) is 2.71. The second kappa shape index (κ2) is 13.6. The molecule has 3 rings (SSSR count). The third-order valence-electron chi connectivity index (χ3n) is 5.38. The first-order valence-corrected chi connectivity index (χ1v) is 10.9. The Balaban J connectivity index is 0.00000320. The zero-order valence-electron chi connectivity index (χ0n) is 18.3. The van der Waals surface area contributed by atoms with Crippen molar-refractivity contribution < 1.29 is 4.74 Å². The molecule has 2 aromatic rings. The number of aromatic nitrogens is 2. The van der Waals surface area contributed by atoms with Crippen LogP contribution >= 0.6 is 24.0 Å². The summed E-state index contributed by atoms with van der Waals surface area (Å²) in [6.07, 6.45) is 7.29. The molecule has 0 aliphatic carbocycles. The normalized spacial score (nSPS) is 16.5. The highest BCUT2D eigenvalue weighted by Gasteiger charge is 2.24. The van der Waals surface area contributed by atoms with Crippen molar-refractivity contribution in [2.24, 2.45) is 10.9 Å². The van der Waals surface area contributed by atoms with Crippen LogP contribution in [0.3, 0.4) is 0 Å². The molecular weight excluding hydrogens is 489 g/mol. The summed E-state index contributed by atoms with van der Waals surface area (Å²) >= 11 is 0. The number of ether oxygens (including phenoxy) is 1. The monoisotopic (exact) mass is 525 g/mol. The zero-order valence-corrected chi connectivity index (χ0v) is 20.6. The quantitative estimate of drug-likeness (QED) is 0.220. The van der Waals surface area contributed by atoms with Gasteiger partial charge in [-0.25, -0.2) is 4.98 Å². The highest BCUT2D eigenvalue weighted by molar-refractivity contribution is 14.0. The fourth-order valence-electron chi connectivity index (χ4n) is 3.72. The third kappa shape index (κ3) is 7.91. The summed E-state index contributed by atoms with van der Waals surface area (Å²) in [6, 6.07) is 10.4. The van der Waals surface area contributed by atoms with Crippen LogP contribution in [0.5, 0.6) is 0 Å². The first-order valence-electron chi connectivity index (χ1n) is 10.9. The molecule has 0 spiro atoms. The van der Waals surface area contributed by atoms with E-state index in [0.29, 0.717) is 12.5 Å². The van der Waals surface area contributed by atoms with Crippen LogP contribution in [-0.4, -0.2) is 53.2 Å². The summed E-state index contributed by atoms with van der Waals surface area (Å²) in [5, 5.41) is 3.46. The van der Waals surface area contributed by atoms with Crippen LogP contribution in [-0.2, 0) is 17.9 Å². The second-order valence-corrected chi connectivity index (χ2v) is 7.71. The van der Waals surface area contributed by atoms with Crippen molar-refractivity contribution in [2.75, 3.05) is 32.8 Å². The van der Waals surface area contributed by atoms with Crippen molar-refractivity contribution in [3.63, 3.8) is 0 Å². The Morgan fingerprint density at radius 3 is 2.83 bits per heavy atom. The van der Waals surface area contributed by atoms with Gasteiger partial charge in [-0.15, -0.1) is 24.0 Å². The molecule has 7 heteroatoms. The lowest BCUT2D eigenvalue weighted by atomic mass is 10.1. The van der Waals surface area contributed by atoms with E-state index in [1.165, 1.54) is 12.0 Å². The molecule has 1 saturated heterocycles. The smallest absolute Gasteiger partial charge is 0.193 e. The zero-order chi connectivity index (χ0) is 20.3. The molecule has 1 atom stereocenters. The number of imidazole rings is 1. The number of nitrogens with zero attached hydrogens (tertiary/aromatic N) is 4. The SMILES string of the molecule is CCNC(=NCCCCn1ccnc1C)N1CCC(COCc2ccccc2)C1.I. The summed E-state index contributed by atoms with van der Waals surface area (Å²) in [5.41, 5.74) is 1.24. The molecule has 1 aliphatic heterocycles. The Labute approximate surface area is 198 Å². The average Bonchev–Trinajstić information content (AvgIpc) is 3.37. The van der Waals surface area contributed by atoms with Gasteiger partial charge < -0.3 is 19.5 Å². The van der Waals surface area contributed by atoms with Gasteiger partial charge in [0.05, 0.1) is 13.2 Å². The Morgan fingerprint density at radius 1 is 1.27 bits per heavy atom. The van der Waals surface area contributed by atoms with E-state index in [0.717, 1.165) is 64.0 Å². The Kier molecular flexibility index (Phi) is 11.2. The van der Waals surface area contributed by atoms with E-state index in [9.17, 15) is 0 Å². The van der Waals surface area contributed by atoms with E-state index in [1.54, 1.807) is 0 Å². The van der Waals surface area contributed by atoms with E-state index in [1.807, 2.05) is 18.5 Å². The summed E-state index contributed by atoms with van der Waals surface area (Å²) in [4.78, 5) is 11.5. The first kappa shape index (κ1) is 24.7. The van der Waals surface area contributed by atoms with Crippen LogP contribution < -0.4 is 5.32 Å². The number of unbranched alkanes of at least 4 members (excludes halogenated alkanes) is 1. The Bertz CT molecular complexity index is 749. The Hall–Kier alpha value is -1.61. The van der Waals surface area contributed by atoms with Crippen LogP contribution in [0.2, 0.25) is 0 Å². The van der Waals surface area contributed by atoms with Crippen molar-refractivity contribution in [3.05, 3.63) is 54.1 Å². The predicted octanol–water partition coefficient (Wildman–Crippen LogP) is 4.09. The number of guanidine groups is 1. The molecule has 1 aromatic heterocycles. The van der Waals surface area contributed by atoms with E-state index in [4.69, 9.17) is 9.73 Å². The molecule has 0 bridgehead atoms. The molecule has 0 amide bonds. The molecule has 1 unspecified atom stereocenters. The van der Waals surface area contributed by atoms with E-state index in [2.05, 4.69) is 57.9 Å². The maximum absolute atomic E-state index is 5.96. The predicted molar refractivity (Wildman–Crippen MR) is 133 cm³/mol. The average molecular weight is 525 g/mol. The van der Waals surface area contributed by atoms with Gasteiger partial charge in [-0.2, -0.15) is 0 Å². The molecule has 0 saturated carbocycles. The number of aliphatic imine (C=N–C) groups is 1.